The van der Waals surface area contributed by atoms with Crippen LogP contribution in [0.4, 0.5) is 0 Å². The Balaban J connectivity index is 1.67. The number of aliphatic hydroxyl groups is 1. The third-order valence-electron chi connectivity index (χ3n) is 10.1. The van der Waals surface area contributed by atoms with Gasteiger partial charge in [-0.05, 0) is 56.6 Å². The molecule has 0 bridgehead atoms. The molecular formula is C34H39NO10. The molecule has 2 unspecified atom stereocenters. The summed E-state index contributed by atoms with van der Waals surface area (Å²) in [5, 5.41) is 12.2. The Hall–Kier alpha value is -4.17. The standard InChI is InChI=1S/C34H39NO10/c1-7-8-11-27(38)44-26-16-24-32(4,13-12-25(42-20(3)37)33(24,5)18-41-19(2)36)30-29(39)28-23(45-34(26,30)6)15-22(43-31(28)40)21-10-9-14-35-17-21/h9-10,14-15,17,24-26,29-30,39H,11-13,16,18H2,1-6H3/t24?,25-,26-,29-,30?,32-,33-,34+/m0/s1. The van der Waals surface area contributed by atoms with Crippen LogP contribution in [0, 0.1) is 34.5 Å². The minimum atomic E-state index is -1.37. The van der Waals surface area contributed by atoms with Crippen LogP contribution >= 0.6 is 0 Å². The van der Waals surface area contributed by atoms with E-state index in [1.807, 2.05) is 13.8 Å². The first-order chi connectivity index (χ1) is 21.2. The van der Waals surface area contributed by atoms with Gasteiger partial charge in [-0.3, -0.25) is 19.4 Å². The topological polar surface area (TPSA) is 151 Å². The Labute approximate surface area is 261 Å². The first-order valence-electron chi connectivity index (χ1n) is 15.1. The predicted molar refractivity (Wildman–Crippen MR) is 159 cm³/mol. The van der Waals surface area contributed by atoms with Gasteiger partial charge in [-0.25, -0.2) is 4.79 Å². The molecule has 0 radical (unpaired) electrons. The van der Waals surface area contributed by atoms with E-state index >= 15 is 0 Å². The van der Waals surface area contributed by atoms with Crippen molar-refractivity contribution >= 4 is 17.9 Å². The minimum absolute atomic E-state index is 0.0299. The van der Waals surface area contributed by atoms with Gasteiger partial charge < -0.3 is 28.5 Å². The number of carbonyl (C=O) groups excluding carboxylic acids is 3. The summed E-state index contributed by atoms with van der Waals surface area (Å²) in [5.41, 5.74) is -3.24. The number of nitrogens with zero attached hydrogens (tertiary/aromatic N) is 1. The van der Waals surface area contributed by atoms with Crippen molar-refractivity contribution in [2.24, 2.45) is 22.7 Å². The normalized spacial score (nSPS) is 33.1. The van der Waals surface area contributed by atoms with Gasteiger partial charge in [-0.1, -0.05) is 19.8 Å². The fourth-order valence-corrected chi connectivity index (χ4v) is 8.20. The van der Waals surface area contributed by atoms with E-state index in [1.54, 1.807) is 44.4 Å². The molecule has 1 N–H and O–H groups in total. The maximum absolute atomic E-state index is 13.5. The van der Waals surface area contributed by atoms with Crippen molar-refractivity contribution in [2.75, 3.05) is 6.61 Å². The summed E-state index contributed by atoms with van der Waals surface area (Å²) < 4.78 is 29.8. The fourth-order valence-electron chi connectivity index (χ4n) is 8.20. The van der Waals surface area contributed by atoms with Crippen LogP contribution in [0.25, 0.3) is 11.3 Å². The van der Waals surface area contributed by atoms with Gasteiger partial charge in [0.15, 0.2) is 0 Å². The zero-order chi connectivity index (χ0) is 32.7. The molecule has 240 valence electrons. The molecule has 2 fully saturated rings. The maximum atomic E-state index is 13.5. The summed E-state index contributed by atoms with van der Waals surface area (Å²) in [4.78, 5) is 54.9. The number of esters is 3. The third kappa shape index (κ3) is 5.61. The molecule has 11 heteroatoms. The lowest BCUT2D eigenvalue weighted by atomic mass is 9.42. The van der Waals surface area contributed by atoms with Crippen LogP contribution in [0.2, 0.25) is 0 Å². The number of hydrogen-bond acceptors (Lipinski definition) is 11. The quantitative estimate of drug-likeness (QED) is 0.281. The van der Waals surface area contributed by atoms with Crippen molar-refractivity contribution in [2.45, 2.75) is 91.1 Å². The van der Waals surface area contributed by atoms with Crippen LogP contribution in [-0.4, -0.2) is 52.4 Å². The molecule has 3 heterocycles. The number of fused-ring (bicyclic) bond motifs is 4. The van der Waals surface area contributed by atoms with Crippen LogP contribution in [0.5, 0.6) is 5.75 Å². The summed E-state index contributed by atoms with van der Waals surface area (Å²) in [7, 11) is 0. The molecule has 1 aliphatic heterocycles. The van der Waals surface area contributed by atoms with Gasteiger partial charge in [-0.15, -0.1) is 5.92 Å². The number of aliphatic hydroxyl groups excluding tert-OH is 1. The first-order valence-corrected chi connectivity index (χ1v) is 15.1. The number of ether oxygens (including phenoxy) is 4. The van der Waals surface area contributed by atoms with Crippen molar-refractivity contribution in [1.82, 2.24) is 4.98 Å². The Bertz CT molecular complexity index is 1610. The zero-order valence-corrected chi connectivity index (χ0v) is 26.4. The molecule has 0 aromatic carbocycles. The number of carbonyl (C=O) groups is 3. The highest BCUT2D eigenvalue weighted by Crippen LogP contribution is 2.67. The highest BCUT2D eigenvalue weighted by Gasteiger charge is 2.70. The van der Waals surface area contributed by atoms with E-state index in [9.17, 15) is 24.3 Å². The zero-order valence-electron chi connectivity index (χ0n) is 26.4. The fraction of sp³-hybridized carbons (Fsp3) is 0.559. The molecule has 45 heavy (non-hydrogen) atoms. The molecule has 2 aliphatic carbocycles. The second kappa shape index (κ2) is 12.0. The van der Waals surface area contributed by atoms with Crippen molar-refractivity contribution in [3.8, 4) is 28.9 Å². The second-order valence-electron chi connectivity index (χ2n) is 12.9. The number of aromatic nitrogens is 1. The van der Waals surface area contributed by atoms with Gasteiger partial charge in [-0.2, -0.15) is 0 Å². The predicted octanol–water partition coefficient (Wildman–Crippen LogP) is 4.15. The summed E-state index contributed by atoms with van der Waals surface area (Å²) in [5.74, 6) is 3.02. The Morgan fingerprint density at radius 3 is 2.53 bits per heavy atom. The number of rotatable bonds is 6. The van der Waals surface area contributed by atoms with Crippen molar-refractivity contribution in [3.63, 3.8) is 0 Å². The Kier molecular flexibility index (Phi) is 8.57. The molecule has 0 amide bonds. The van der Waals surface area contributed by atoms with Gasteiger partial charge in [0.25, 0.3) is 0 Å². The van der Waals surface area contributed by atoms with Gasteiger partial charge in [0.2, 0.25) is 0 Å². The first kappa shape index (κ1) is 32.2. The molecule has 11 nitrogen and oxygen atoms in total. The van der Waals surface area contributed by atoms with Crippen LogP contribution in [0.3, 0.4) is 0 Å². The highest BCUT2D eigenvalue weighted by molar-refractivity contribution is 5.72. The Morgan fingerprint density at radius 1 is 1.13 bits per heavy atom. The van der Waals surface area contributed by atoms with Crippen LogP contribution in [-0.2, 0) is 28.6 Å². The largest absolute Gasteiger partial charge is 0.482 e. The average Bonchev–Trinajstić information content (AvgIpc) is 2.97. The molecule has 2 saturated carbocycles. The summed E-state index contributed by atoms with van der Waals surface area (Å²) in [6, 6.07) is 4.99. The van der Waals surface area contributed by atoms with Crippen molar-refractivity contribution in [1.29, 1.82) is 0 Å². The molecule has 3 aliphatic rings. The van der Waals surface area contributed by atoms with E-state index in [-0.39, 0.29) is 36.5 Å². The summed E-state index contributed by atoms with van der Waals surface area (Å²) >= 11 is 0. The molecular weight excluding hydrogens is 582 g/mol. The van der Waals surface area contributed by atoms with Crippen LogP contribution in [0.15, 0.2) is 39.8 Å². The lowest BCUT2D eigenvalue weighted by Gasteiger charge is -2.66. The molecule has 0 spiro atoms. The van der Waals surface area contributed by atoms with Crippen LogP contribution in [0.1, 0.15) is 78.9 Å². The van der Waals surface area contributed by atoms with Gasteiger partial charge in [0.1, 0.15) is 47.9 Å². The van der Waals surface area contributed by atoms with E-state index in [2.05, 4.69) is 16.8 Å². The minimum Gasteiger partial charge on any atom is -0.482 e. The van der Waals surface area contributed by atoms with E-state index in [0.717, 1.165) is 0 Å². The van der Waals surface area contributed by atoms with Crippen molar-refractivity contribution < 1.29 is 42.9 Å². The lowest BCUT2D eigenvalue weighted by molar-refractivity contribution is -0.271. The van der Waals surface area contributed by atoms with Gasteiger partial charge in [0, 0.05) is 49.2 Å². The van der Waals surface area contributed by atoms with E-state index in [1.165, 1.54) is 13.8 Å². The smallest absolute Gasteiger partial charge is 0.345 e. The Morgan fingerprint density at radius 2 is 1.89 bits per heavy atom. The third-order valence-corrected chi connectivity index (χ3v) is 10.1. The second-order valence-corrected chi connectivity index (χ2v) is 12.9. The SMILES string of the molecule is CC#CCC(=O)O[C@H]1CC2[C@](C)(CC[C@H](OC(C)=O)[C@@]2(C)COC(C)=O)C2[C@@H](O)c3c(cc(-c4cccnc4)oc3=O)O[C@@]21C. The van der Waals surface area contributed by atoms with E-state index in [4.69, 9.17) is 23.4 Å². The van der Waals surface area contributed by atoms with Gasteiger partial charge in [0.05, 0.1) is 6.10 Å². The molecule has 0 saturated heterocycles. The average molecular weight is 622 g/mol. The monoisotopic (exact) mass is 621 g/mol. The molecule has 5 rings (SSSR count). The summed E-state index contributed by atoms with van der Waals surface area (Å²) in [6.07, 6.45) is 1.20. The molecule has 8 atom stereocenters. The number of hydrogen-bond donors (Lipinski definition) is 1. The number of pyridine rings is 1. The summed E-state index contributed by atoms with van der Waals surface area (Å²) in [6.45, 7) is 9.85. The van der Waals surface area contributed by atoms with Crippen LogP contribution < -0.4 is 10.4 Å². The van der Waals surface area contributed by atoms with Gasteiger partial charge >= 0.3 is 23.5 Å². The lowest BCUT2D eigenvalue weighted by Crippen LogP contribution is -2.71. The molecule has 2 aromatic heterocycles. The maximum Gasteiger partial charge on any atom is 0.345 e. The molecule has 2 aromatic rings. The van der Waals surface area contributed by atoms with E-state index in [0.29, 0.717) is 18.4 Å². The highest BCUT2D eigenvalue weighted by atomic mass is 16.6. The van der Waals surface area contributed by atoms with E-state index < -0.39 is 70.1 Å². The van der Waals surface area contributed by atoms with Crippen molar-refractivity contribution in [3.05, 3.63) is 46.6 Å².